The van der Waals surface area contributed by atoms with E-state index in [9.17, 15) is 26.3 Å². The van der Waals surface area contributed by atoms with Gasteiger partial charge >= 0.3 is 12.4 Å². The van der Waals surface area contributed by atoms with Crippen molar-refractivity contribution in [1.29, 1.82) is 0 Å². The molecule has 0 radical (unpaired) electrons. The van der Waals surface area contributed by atoms with E-state index in [1.165, 1.54) is 6.07 Å². The number of fused-ring (bicyclic) bond motifs is 4. The molecule has 3 aromatic heterocycles. The van der Waals surface area contributed by atoms with E-state index in [1.807, 2.05) is 42.5 Å². The number of halogens is 6. The fourth-order valence-electron chi connectivity index (χ4n) is 5.23. The minimum Gasteiger partial charge on any atom is -0.256 e. The maximum absolute atomic E-state index is 13.4. The molecule has 0 bridgehead atoms. The summed E-state index contributed by atoms with van der Waals surface area (Å²) >= 11 is 1.64. The highest BCUT2D eigenvalue weighted by molar-refractivity contribution is 7.25. The van der Waals surface area contributed by atoms with Crippen molar-refractivity contribution < 1.29 is 26.3 Å². The largest absolute Gasteiger partial charge is 0.416 e. The van der Waals surface area contributed by atoms with Crippen LogP contribution in [0.15, 0.2) is 109 Å². The van der Waals surface area contributed by atoms with Crippen molar-refractivity contribution in [2.24, 2.45) is 0 Å². The van der Waals surface area contributed by atoms with Gasteiger partial charge in [0.15, 0.2) is 0 Å². The smallest absolute Gasteiger partial charge is 0.256 e. The molecule has 0 unspecified atom stereocenters. The molecule has 2 nitrogen and oxygen atoms in total. The third kappa shape index (κ3) is 5.10. The van der Waals surface area contributed by atoms with Gasteiger partial charge in [0, 0.05) is 39.0 Å². The maximum atomic E-state index is 13.4. The highest BCUT2D eigenvalue weighted by Gasteiger charge is 2.37. The van der Waals surface area contributed by atoms with Crippen molar-refractivity contribution in [1.82, 2.24) is 9.97 Å². The highest BCUT2D eigenvalue weighted by atomic mass is 32.1. The normalized spacial score (nSPS) is 12.4. The monoisotopic (exact) mass is 600 g/mol. The Morgan fingerprint density at radius 2 is 1.16 bits per heavy atom. The zero-order valence-electron chi connectivity index (χ0n) is 22.0. The zero-order chi connectivity index (χ0) is 29.9. The number of rotatable bonds is 3. The van der Waals surface area contributed by atoms with Crippen molar-refractivity contribution in [3.63, 3.8) is 0 Å². The van der Waals surface area contributed by atoms with E-state index in [-0.39, 0.29) is 17.2 Å². The van der Waals surface area contributed by atoms with E-state index in [0.717, 1.165) is 60.2 Å². The van der Waals surface area contributed by atoms with Gasteiger partial charge in [0.1, 0.15) is 4.83 Å². The Morgan fingerprint density at radius 3 is 1.81 bits per heavy atom. The van der Waals surface area contributed by atoms with Gasteiger partial charge in [-0.25, -0.2) is 4.98 Å². The molecule has 0 fully saturated rings. The predicted molar refractivity (Wildman–Crippen MR) is 159 cm³/mol. The number of aromatic nitrogens is 2. The summed E-state index contributed by atoms with van der Waals surface area (Å²) in [5.41, 5.74) is 0.787. The zero-order valence-corrected chi connectivity index (χ0v) is 22.8. The van der Waals surface area contributed by atoms with Crippen LogP contribution >= 0.6 is 11.3 Å². The SMILES string of the molecule is FC(F)(F)c1cc(-c2ccc3ccc(-c4ccc(-c5ccc6sc7ncccc7c6c5)nc4)cc3c2)cc(C(F)(F)F)c1. The van der Waals surface area contributed by atoms with Crippen molar-refractivity contribution in [2.45, 2.75) is 12.4 Å². The first kappa shape index (κ1) is 27.1. The summed E-state index contributed by atoms with van der Waals surface area (Å²) in [5, 5.41) is 3.68. The van der Waals surface area contributed by atoms with E-state index in [0.29, 0.717) is 5.39 Å². The molecular weight excluding hydrogens is 582 g/mol. The molecule has 43 heavy (non-hydrogen) atoms. The molecule has 7 aromatic rings. The Morgan fingerprint density at radius 1 is 0.512 bits per heavy atom. The van der Waals surface area contributed by atoms with Crippen molar-refractivity contribution in [3.05, 3.63) is 121 Å². The lowest BCUT2D eigenvalue weighted by molar-refractivity contribution is -0.143. The van der Waals surface area contributed by atoms with Crippen LogP contribution < -0.4 is 0 Å². The molecule has 0 aliphatic heterocycles. The van der Waals surface area contributed by atoms with Gasteiger partial charge in [0.2, 0.25) is 0 Å². The molecule has 0 aliphatic rings. The number of alkyl halides is 6. The Labute approximate surface area is 244 Å². The summed E-state index contributed by atoms with van der Waals surface area (Å²) in [7, 11) is 0. The Kier molecular flexibility index (Phi) is 6.25. The summed E-state index contributed by atoms with van der Waals surface area (Å²) in [4.78, 5) is 10.1. The second-order valence-electron chi connectivity index (χ2n) is 10.2. The third-order valence-electron chi connectivity index (χ3n) is 7.40. The van der Waals surface area contributed by atoms with Crippen LogP contribution in [0.1, 0.15) is 11.1 Å². The molecule has 212 valence electrons. The van der Waals surface area contributed by atoms with Crippen LogP contribution in [-0.4, -0.2) is 9.97 Å². The van der Waals surface area contributed by atoms with Crippen LogP contribution in [0.3, 0.4) is 0 Å². The van der Waals surface area contributed by atoms with Gasteiger partial charge in [-0.2, -0.15) is 26.3 Å². The summed E-state index contributed by atoms with van der Waals surface area (Å²) in [5.74, 6) is 0. The first-order chi connectivity index (χ1) is 20.5. The fraction of sp³-hybridized carbons (Fsp3) is 0.0588. The highest BCUT2D eigenvalue weighted by Crippen LogP contribution is 2.40. The minimum atomic E-state index is -4.92. The summed E-state index contributed by atoms with van der Waals surface area (Å²) in [6.45, 7) is 0. The van der Waals surface area contributed by atoms with Gasteiger partial charge in [-0.1, -0.05) is 36.4 Å². The maximum Gasteiger partial charge on any atom is 0.416 e. The summed E-state index contributed by atoms with van der Waals surface area (Å²) in [6.07, 6.45) is -6.30. The molecular formula is C34H18F6N2S. The molecule has 4 aromatic carbocycles. The second-order valence-corrected chi connectivity index (χ2v) is 11.2. The van der Waals surface area contributed by atoms with Crippen molar-refractivity contribution in [3.8, 4) is 33.5 Å². The van der Waals surface area contributed by atoms with Crippen LogP contribution in [0.5, 0.6) is 0 Å². The molecule has 9 heteroatoms. The first-order valence-corrected chi connectivity index (χ1v) is 13.9. The summed E-state index contributed by atoms with van der Waals surface area (Å²) < 4.78 is 81.7. The van der Waals surface area contributed by atoms with E-state index < -0.39 is 23.5 Å². The molecule has 3 heterocycles. The molecule has 0 saturated heterocycles. The van der Waals surface area contributed by atoms with Gasteiger partial charge in [-0.15, -0.1) is 11.3 Å². The van der Waals surface area contributed by atoms with Gasteiger partial charge in [0.05, 0.1) is 16.8 Å². The molecule has 7 rings (SSSR count). The fourth-order valence-corrected chi connectivity index (χ4v) is 6.26. The lowest BCUT2D eigenvalue weighted by atomic mass is 9.95. The molecule has 0 spiro atoms. The van der Waals surface area contributed by atoms with Gasteiger partial charge in [-0.3, -0.25) is 4.98 Å². The van der Waals surface area contributed by atoms with Crippen LogP contribution in [0, 0.1) is 0 Å². The average molecular weight is 601 g/mol. The molecule has 0 atom stereocenters. The number of hydrogen-bond acceptors (Lipinski definition) is 3. The van der Waals surface area contributed by atoms with Crippen LogP contribution in [-0.2, 0) is 12.4 Å². The van der Waals surface area contributed by atoms with E-state index in [4.69, 9.17) is 0 Å². The number of nitrogens with zero attached hydrogens (tertiary/aromatic N) is 2. The van der Waals surface area contributed by atoms with E-state index in [1.54, 1.807) is 35.9 Å². The quantitative estimate of drug-likeness (QED) is 0.189. The Bertz CT molecular complexity index is 2130. The van der Waals surface area contributed by atoms with E-state index >= 15 is 0 Å². The third-order valence-corrected chi connectivity index (χ3v) is 8.50. The van der Waals surface area contributed by atoms with Crippen molar-refractivity contribution >= 4 is 42.4 Å². The van der Waals surface area contributed by atoms with E-state index in [2.05, 4.69) is 28.2 Å². The van der Waals surface area contributed by atoms with Crippen LogP contribution in [0.2, 0.25) is 0 Å². The average Bonchev–Trinajstić information content (AvgIpc) is 3.37. The van der Waals surface area contributed by atoms with Crippen LogP contribution in [0.25, 0.3) is 64.6 Å². The lowest BCUT2D eigenvalue weighted by Gasteiger charge is -2.15. The van der Waals surface area contributed by atoms with Crippen molar-refractivity contribution in [2.75, 3.05) is 0 Å². The lowest BCUT2D eigenvalue weighted by Crippen LogP contribution is -2.11. The molecule has 0 N–H and O–H groups in total. The standard InChI is InChI=1S/C34H18F6N2S/c35-33(36,37)26-14-25(15-27(17-26)34(38,39)40)21-6-4-19-3-5-20(12-24(19)13-21)23-7-9-30(42-18-23)22-8-10-31-29(16-22)28-2-1-11-41-32(28)43-31/h1-18H. The molecule has 0 amide bonds. The Balaban J connectivity index is 1.24. The topological polar surface area (TPSA) is 25.8 Å². The van der Waals surface area contributed by atoms with Gasteiger partial charge < -0.3 is 0 Å². The number of pyridine rings is 2. The summed E-state index contributed by atoms with van der Waals surface area (Å²) in [6, 6.07) is 26.1. The Hall–Kier alpha value is -4.76. The number of benzene rings is 4. The number of hydrogen-bond donors (Lipinski definition) is 0. The predicted octanol–water partition coefficient (Wildman–Crippen LogP) is 11.0. The van der Waals surface area contributed by atoms with Gasteiger partial charge in [-0.05, 0) is 88.1 Å². The second kappa shape index (κ2) is 9.91. The van der Waals surface area contributed by atoms with Gasteiger partial charge in [0.25, 0.3) is 0 Å². The minimum absolute atomic E-state index is 0.136. The van der Waals surface area contributed by atoms with Crippen LogP contribution in [0.4, 0.5) is 26.3 Å². The first-order valence-electron chi connectivity index (χ1n) is 13.1. The molecule has 0 saturated carbocycles. The number of thiophene rings is 1. The molecule has 0 aliphatic carbocycles.